The summed E-state index contributed by atoms with van der Waals surface area (Å²) in [7, 11) is 0. The van der Waals surface area contributed by atoms with Crippen molar-refractivity contribution in [3.63, 3.8) is 0 Å². The molecule has 106 heavy (non-hydrogen) atoms. The van der Waals surface area contributed by atoms with Gasteiger partial charge in [-0.25, -0.2) is 0 Å². The highest BCUT2D eigenvalue weighted by Crippen LogP contribution is 2.26. The molecule has 10 aromatic rings. The summed E-state index contributed by atoms with van der Waals surface area (Å²) in [5.74, 6) is 5.84. The van der Waals surface area contributed by atoms with Crippen LogP contribution in [-0.2, 0) is 6.42 Å². The average Bonchev–Trinajstić information content (AvgIpc) is 0.895. The fourth-order valence-electron chi connectivity index (χ4n) is 6.85. The highest BCUT2D eigenvalue weighted by Gasteiger charge is 2.13. The van der Waals surface area contributed by atoms with E-state index in [9.17, 15) is 9.59 Å². The fourth-order valence-corrected chi connectivity index (χ4v) is 6.85. The predicted octanol–water partition coefficient (Wildman–Crippen LogP) is 34.6. The number of benzene rings is 10. The molecule has 0 aromatic heterocycles. The number of ketones is 2. The van der Waals surface area contributed by atoms with Gasteiger partial charge in [0.1, 0.15) is 46.0 Å². The Kier molecular flexibility index (Phi) is 140. The van der Waals surface area contributed by atoms with Crippen molar-refractivity contribution in [1.82, 2.24) is 0 Å². The Bertz CT molecular complexity index is 2870. The highest BCUT2D eigenvalue weighted by atomic mass is 16.7. The number of carbonyl (C=O) groups excluding carboxylic acids is 2. The Balaban J connectivity index is -0.0000000562. The number of hydrogen-bond donors (Lipinski definition) is 0. The van der Waals surface area contributed by atoms with Crippen molar-refractivity contribution < 1.29 is 38.0 Å². The third kappa shape index (κ3) is 67.5. The van der Waals surface area contributed by atoms with E-state index in [4.69, 9.17) is 28.4 Å². The van der Waals surface area contributed by atoms with Crippen LogP contribution in [0.25, 0.3) is 0 Å². The largest absolute Gasteiger partial charge is 0.458 e. The second kappa shape index (κ2) is 104. The van der Waals surface area contributed by atoms with Gasteiger partial charge >= 0.3 is 0 Å². The van der Waals surface area contributed by atoms with Crippen LogP contribution in [0.15, 0.2) is 291 Å². The predicted molar refractivity (Wildman–Crippen MR) is 491 cm³/mol. The molecule has 0 bridgehead atoms. The number of para-hydroxylation sites is 4. The number of ether oxygens (including phenoxy) is 6. The fraction of sp³-hybridized carbons (Fsp3) is 0.367. The lowest BCUT2D eigenvalue weighted by atomic mass is 10.0. The summed E-state index contributed by atoms with van der Waals surface area (Å²) < 4.78 is 33.6. The molecule has 0 amide bonds. The lowest BCUT2D eigenvalue weighted by molar-refractivity contribution is 0.0893. The van der Waals surface area contributed by atoms with E-state index in [1.54, 1.807) is 48.5 Å². The Morgan fingerprint density at radius 3 is 0.557 bits per heavy atom. The molecule has 0 saturated heterocycles. The third-order valence-corrected chi connectivity index (χ3v) is 10.6. The van der Waals surface area contributed by atoms with E-state index < -0.39 is 0 Å². The van der Waals surface area contributed by atoms with E-state index in [1.807, 2.05) is 293 Å². The minimum absolute atomic E-state index is 0. The lowest BCUT2D eigenvalue weighted by Gasteiger charge is -2.10. The van der Waals surface area contributed by atoms with Gasteiger partial charge in [-0.3, -0.25) is 9.59 Å². The molecule has 0 aliphatic heterocycles. The van der Waals surface area contributed by atoms with Crippen molar-refractivity contribution in [3.05, 3.63) is 313 Å². The van der Waals surface area contributed by atoms with E-state index >= 15 is 0 Å². The number of hydrogen-bond acceptors (Lipinski definition) is 8. The molecule has 0 aliphatic rings. The van der Waals surface area contributed by atoms with Gasteiger partial charge in [-0.1, -0.05) is 424 Å². The zero-order valence-corrected chi connectivity index (χ0v) is 56.8. The van der Waals surface area contributed by atoms with Crippen LogP contribution >= 0.6 is 0 Å². The van der Waals surface area contributed by atoms with Crippen LogP contribution in [0.3, 0.4) is 0 Å². The van der Waals surface area contributed by atoms with Crippen LogP contribution in [0.1, 0.15) is 268 Å². The molecule has 0 radical (unpaired) electrons. The lowest BCUT2D eigenvalue weighted by Crippen LogP contribution is -2.08. The molecule has 10 aromatic carbocycles. The maximum Gasteiger partial charge on any atom is 0.230 e. The molecule has 0 heterocycles. The van der Waals surface area contributed by atoms with E-state index in [0.29, 0.717) is 22.6 Å². The number of rotatable bonds is 18. The molecule has 0 atom stereocenters. The number of Topliss-reactive ketones (excluding diaryl/α,β-unsaturated/α-hetero) is 2. The van der Waals surface area contributed by atoms with E-state index in [2.05, 4.69) is 60.7 Å². The Labute approximate surface area is 661 Å². The van der Waals surface area contributed by atoms with Crippen molar-refractivity contribution in [2.45, 2.75) is 242 Å². The second-order valence-electron chi connectivity index (χ2n) is 16.1. The van der Waals surface area contributed by atoms with Crippen LogP contribution in [0.4, 0.5) is 0 Å². The summed E-state index contributed by atoms with van der Waals surface area (Å²) in [6.07, 6.45) is 0.954. The minimum Gasteiger partial charge on any atom is -0.458 e. The second-order valence-corrected chi connectivity index (χ2v) is 16.1. The normalized spacial score (nSPS) is 7.40. The first-order valence-corrected chi connectivity index (χ1v) is 32.0. The topological polar surface area (TPSA) is 89.5 Å². The molecule has 608 valence electrons. The van der Waals surface area contributed by atoms with Gasteiger partial charge < -0.3 is 28.4 Å². The average molecular weight is 1470 g/mol. The van der Waals surface area contributed by atoms with Crippen LogP contribution < -0.4 is 28.4 Å². The molecule has 0 saturated carbocycles. The molecule has 0 spiro atoms. The molecule has 0 N–H and O–H groups in total. The maximum absolute atomic E-state index is 11.8. The first-order valence-electron chi connectivity index (χ1n) is 32.0. The summed E-state index contributed by atoms with van der Waals surface area (Å²) in [5, 5.41) is 0. The van der Waals surface area contributed by atoms with Crippen molar-refractivity contribution in [2.75, 3.05) is 13.6 Å². The van der Waals surface area contributed by atoms with Crippen molar-refractivity contribution in [1.29, 1.82) is 0 Å². The van der Waals surface area contributed by atoms with Crippen molar-refractivity contribution >= 4 is 11.6 Å². The zero-order valence-electron chi connectivity index (χ0n) is 56.8. The van der Waals surface area contributed by atoms with Gasteiger partial charge in [0.2, 0.25) is 13.6 Å². The van der Waals surface area contributed by atoms with Crippen molar-refractivity contribution in [2.24, 2.45) is 0 Å². The minimum atomic E-state index is -0.139. The standard InChI is InChI=1S/C25H20O4.C15H12O2.C13H12O2.C13H12.8C2H6.16CH4/c1-3-7-22(8-4-1)28-24-15-11-20(12-16-24)26-19-27-21-13-17-25(18-14-21)29-23-9-5-2-6-10-23;16-14(12-7-3-1-4-8-12)11-15(17)13-9-5-2-6-10-13;1-3-7-12(8-4-1)14-11-15-13-9-5-2-6-10-13;1-3-7-12(8-4-1)11-13-9-5-2-6-10-13;8*1-2;;;;;;;;;;;;;;;;/h1-18H,19H2;1-10H,11H2;1-10H,11H2;1-10H,11H2;8*1-2H3;16*1H4. The number of carbonyl (C=O) groups is 2. The Morgan fingerprint density at radius 2 is 0.349 bits per heavy atom. The molecule has 0 unspecified atom stereocenters. The first-order chi connectivity index (χ1) is 44.5. The van der Waals surface area contributed by atoms with Gasteiger partial charge in [-0.05, 0) is 115 Å². The van der Waals surface area contributed by atoms with E-state index in [0.717, 1.165) is 40.9 Å². The van der Waals surface area contributed by atoms with Gasteiger partial charge in [0.25, 0.3) is 0 Å². The molecule has 8 heteroatoms. The van der Waals surface area contributed by atoms with E-state index in [1.165, 1.54) is 11.1 Å². The zero-order chi connectivity index (χ0) is 67.1. The Morgan fingerprint density at radius 1 is 0.198 bits per heavy atom. The maximum atomic E-state index is 11.8. The van der Waals surface area contributed by atoms with Gasteiger partial charge in [0.15, 0.2) is 11.6 Å². The summed E-state index contributed by atoms with van der Waals surface area (Å²) in [4.78, 5) is 23.6. The van der Waals surface area contributed by atoms with E-state index in [-0.39, 0.29) is 150 Å². The highest BCUT2D eigenvalue weighted by molar-refractivity contribution is 6.13. The molecule has 0 aliphatic carbocycles. The molecule has 0 fully saturated rings. The molecule has 8 nitrogen and oxygen atoms in total. The SMILES string of the molecule is C.C.C.C.C.C.C.C.C.C.C.C.C.C.C.C.CC.CC.CC.CC.CC.CC.CC.CC.O=C(CC(=O)c1ccccc1)c1ccccc1.c1ccc(Cc2ccccc2)cc1.c1ccc(OCOc2ccccc2)cc1.c1ccc(Oc2ccc(OCOc3ccc(Oc4ccccc4)cc3)cc2)cc1. The summed E-state index contributed by atoms with van der Waals surface area (Å²) in [6.45, 7) is 32.3. The van der Waals surface area contributed by atoms with Crippen LogP contribution in [0, 0.1) is 0 Å². The first kappa shape index (κ1) is 143. The van der Waals surface area contributed by atoms with Gasteiger partial charge in [-0.2, -0.15) is 0 Å². The van der Waals surface area contributed by atoms with Gasteiger partial charge in [-0.15, -0.1) is 0 Å². The third-order valence-electron chi connectivity index (χ3n) is 10.6. The van der Waals surface area contributed by atoms with Gasteiger partial charge in [0, 0.05) is 11.1 Å². The molecular weight excluding hydrogens is 1310 g/mol. The summed E-state index contributed by atoms with van der Waals surface area (Å²) >= 11 is 0. The van der Waals surface area contributed by atoms with Crippen LogP contribution in [-0.4, -0.2) is 25.2 Å². The quantitative estimate of drug-likeness (QED) is 0.0477. The summed E-state index contributed by atoms with van der Waals surface area (Å²) in [6, 6.07) is 92.1. The molecule has 10 rings (SSSR count). The molecular formula is C98H168O8. The van der Waals surface area contributed by atoms with Crippen LogP contribution in [0.5, 0.6) is 46.0 Å². The van der Waals surface area contributed by atoms with Gasteiger partial charge in [0.05, 0.1) is 6.42 Å². The summed E-state index contributed by atoms with van der Waals surface area (Å²) in [5.41, 5.74) is 3.90. The smallest absolute Gasteiger partial charge is 0.230 e. The monoisotopic (exact) mass is 1470 g/mol. The van der Waals surface area contributed by atoms with Crippen molar-refractivity contribution in [3.8, 4) is 46.0 Å². The van der Waals surface area contributed by atoms with Crippen LogP contribution in [0.2, 0.25) is 0 Å². The Hall–Kier alpha value is -9.66.